The first-order valence-electron chi connectivity index (χ1n) is 8.73. The van der Waals surface area contributed by atoms with E-state index in [-0.39, 0.29) is 9.72 Å². The predicted molar refractivity (Wildman–Crippen MR) is 118 cm³/mol. The lowest BCUT2D eigenvalue weighted by atomic mass is 10.0. The molecule has 0 saturated heterocycles. The molecule has 0 aromatic heterocycles. The second-order valence-corrected chi connectivity index (χ2v) is 10.4. The summed E-state index contributed by atoms with van der Waals surface area (Å²) >= 11 is 4.73. The molecule has 0 aliphatic rings. The summed E-state index contributed by atoms with van der Waals surface area (Å²) in [6.07, 6.45) is 8.64. The molecule has 0 amide bonds. The number of alkyl halides is 2. The highest BCUT2D eigenvalue weighted by Gasteiger charge is 2.51. The van der Waals surface area contributed by atoms with Gasteiger partial charge in [-0.2, -0.15) is 8.78 Å². The van der Waals surface area contributed by atoms with Crippen molar-refractivity contribution in [3.05, 3.63) is 70.3 Å². The molecule has 8 heteroatoms. The predicted octanol–water partition coefficient (Wildman–Crippen LogP) is 7.01. The van der Waals surface area contributed by atoms with Crippen LogP contribution in [0.25, 0.3) is 0 Å². The summed E-state index contributed by atoms with van der Waals surface area (Å²) in [5, 5.41) is 0.233. The van der Waals surface area contributed by atoms with Gasteiger partial charge in [-0.25, -0.2) is 0 Å². The average molecular weight is 495 g/mol. The first-order valence-corrected chi connectivity index (χ1v) is 12.2. The maximum absolute atomic E-state index is 14.0. The number of hydrogen-bond acceptors (Lipinski definition) is 2. The topological polar surface area (TPSA) is 57.5 Å². The zero-order valence-electron chi connectivity index (χ0n) is 16.1. The summed E-state index contributed by atoms with van der Waals surface area (Å²) in [5.41, 5.74) is -2.98. The van der Waals surface area contributed by atoms with E-state index in [1.165, 1.54) is 17.7 Å². The maximum Gasteiger partial charge on any atom is 0.399 e. The van der Waals surface area contributed by atoms with Crippen LogP contribution in [0.2, 0.25) is 0 Å². The molecule has 28 heavy (non-hydrogen) atoms. The van der Waals surface area contributed by atoms with E-state index in [4.69, 9.17) is 9.79 Å². The van der Waals surface area contributed by atoms with Gasteiger partial charge in [0.25, 0.3) is 0 Å². The van der Waals surface area contributed by atoms with Gasteiger partial charge in [0, 0.05) is 21.0 Å². The number of rotatable bonds is 10. The van der Waals surface area contributed by atoms with E-state index in [9.17, 15) is 13.3 Å². The summed E-state index contributed by atoms with van der Waals surface area (Å²) in [5.74, 6) is 1.07. The fourth-order valence-electron chi connectivity index (χ4n) is 2.54. The van der Waals surface area contributed by atoms with E-state index in [0.29, 0.717) is 11.7 Å². The summed E-state index contributed by atoms with van der Waals surface area (Å²) in [6.45, 7) is 9.96. The Labute approximate surface area is 178 Å². The molecule has 0 fully saturated rings. The highest BCUT2D eigenvalue weighted by atomic mass is 79.9. The van der Waals surface area contributed by atoms with Gasteiger partial charge in [-0.1, -0.05) is 72.8 Å². The normalized spacial score (nSPS) is 14.7. The number of allylic oxidation sites excluding steroid dienone is 4. The zero-order valence-corrected chi connectivity index (χ0v) is 19.4. The van der Waals surface area contributed by atoms with Gasteiger partial charge in [-0.3, -0.25) is 4.57 Å². The molecule has 1 rings (SSSR count). The molecule has 1 aromatic carbocycles. The summed E-state index contributed by atoms with van der Waals surface area (Å²) in [6, 6.07) is 4.05. The molecular formula is C20H26BrF2O3PS. The third-order valence-electron chi connectivity index (χ3n) is 3.99. The Morgan fingerprint density at radius 2 is 2.04 bits per heavy atom. The minimum atomic E-state index is -5.60. The van der Waals surface area contributed by atoms with Crippen LogP contribution < -0.4 is 0 Å². The largest absolute Gasteiger partial charge is 0.399 e. The van der Waals surface area contributed by atoms with Gasteiger partial charge in [-0.05, 0) is 36.5 Å². The average Bonchev–Trinajstić information content (AvgIpc) is 2.58. The van der Waals surface area contributed by atoms with Crippen molar-refractivity contribution in [2.24, 2.45) is 5.92 Å². The highest BCUT2D eigenvalue weighted by Crippen LogP contribution is 2.60. The monoisotopic (exact) mass is 494 g/mol. The zero-order chi connectivity index (χ0) is 21.5. The van der Waals surface area contributed by atoms with Crippen LogP contribution in [0.15, 0.2) is 59.1 Å². The van der Waals surface area contributed by atoms with E-state index < -0.39 is 18.8 Å². The minimum Gasteiger partial charge on any atom is -0.320 e. The Morgan fingerprint density at radius 1 is 1.39 bits per heavy atom. The van der Waals surface area contributed by atoms with Crippen LogP contribution >= 0.6 is 35.3 Å². The van der Waals surface area contributed by atoms with Crippen molar-refractivity contribution in [2.45, 2.75) is 43.9 Å². The lowest BCUT2D eigenvalue weighted by Crippen LogP contribution is -2.14. The van der Waals surface area contributed by atoms with Crippen LogP contribution in [0.5, 0.6) is 0 Å². The molecule has 1 unspecified atom stereocenters. The molecule has 0 aliphatic heterocycles. The smallest absolute Gasteiger partial charge is 0.320 e. The molecule has 2 N–H and O–H groups in total. The highest BCUT2D eigenvalue weighted by molar-refractivity contribution is 9.10. The van der Waals surface area contributed by atoms with Crippen molar-refractivity contribution in [1.82, 2.24) is 0 Å². The molecule has 0 bridgehead atoms. The van der Waals surface area contributed by atoms with Crippen LogP contribution in [0, 0.1) is 5.92 Å². The Kier molecular flexibility index (Phi) is 9.84. The van der Waals surface area contributed by atoms with Gasteiger partial charge >= 0.3 is 13.3 Å². The second kappa shape index (κ2) is 10.9. The third-order valence-corrected chi connectivity index (χ3v) is 6.99. The van der Waals surface area contributed by atoms with Gasteiger partial charge < -0.3 is 9.79 Å². The van der Waals surface area contributed by atoms with E-state index in [1.807, 2.05) is 19.1 Å². The Morgan fingerprint density at radius 3 is 2.50 bits per heavy atom. The van der Waals surface area contributed by atoms with Crippen LogP contribution in [0.3, 0.4) is 0 Å². The number of thioether (sulfide) groups is 1. The van der Waals surface area contributed by atoms with Crippen LogP contribution in [-0.4, -0.2) is 15.0 Å². The van der Waals surface area contributed by atoms with Gasteiger partial charge in [0.05, 0.1) is 0 Å². The molecule has 156 valence electrons. The summed E-state index contributed by atoms with van der Waals surface area (Å²) in [4.78, 5) is 17.9. The van der Waals surface area contributed by atoms with Crippen molar-refractivity contribution in [3.8, 4) is 0 Å². The van der Waals surface area contributed by atoms with Crippen molar-refractivity contribution in [1.29, 1.82) is 0 Å². The number of benzene rings is 1. The third kappa shape index (κ3) is 6.96. The van der Waals surface area contributed by atoms with Crippen molar-refractivity contribution >= 4 is 35.3 Å². The van der Waals surface area contributed by atoms with Gasteiger partial charge in [-0.15, -0.1) is 11.8 Å². The first-order chi connectivity index (χ1) is 12.9. The molecule has 0 saturated carbocycles. The lowest BCUT2D eigenvalue weighted by molar-refractivity contribution is 0.0557. The fraction of sp³-hybridized carbons (Fsp3) is 0.400. The minimum absolute atomic E-state index is 0.0165. The quantitative estimate of drug-likeness (QED) is 0.271. The molecule has 1 atom stereocenters. The van der Waals surface area contributed by atoms with E-state index in [2.05, 4.69) is 42.4 Å². The van der Waals surface area contributed by atoms with Gasteiger partial charge in [0.2, 0.25) is 0 Å². The Balaban J connectivity index is 3.03. The van der Waals surface area contributed by atoms with Crippen LogP contribution in [-0.2, 0) is 16.0 Å². The van der Waals surface area contributed by atoms with Crippen LogP contribution in [0.4, 0.5) is 8.78 Å². The molecule has 0 radical (unpaired) electrons. The Hall–Kier alpha value is -0.720. The fourth-order valence-corrected chi connectivity index (χ4v) is 5.38. The molecule has 1 aromatic rings. The molecular weight excluding hydrogens is 469 g/mol. The summed E-state index contributed by atoms with van der Waals surface area (Å²) in [7, 11) is -5.60. The Bertz CT molecular complexity index is 788. The first kappa shape index (κ1) is 25.3. The van der Waals surface area contributed by atoms with Crippen molar-refractivity contribution < 1.29 is 23.1 Å². The lowest BCUT2D eigenvalue weighted by Gasteiger charge is -2.21. The maximum atomic E-state index is 14.0. The second-order valence-electron chi connectivity index (χ2n) is 6.71. The standard InChI is InChI=1S/C20H26BrF2O3PS/c1-5-7-8-16(6-2)19(11-14(3)4)28-13-15-9-10-17(18(21)12-15)20(22,23)27(24,25)26/h5-10,12,14,19H,1,11,13H2,2-4H3,(H2,24,25,26)/b8-7-,16-6+. The summed E-state index contributed by atoms with van der Waals surface area (Å²) < 4.78 is 39.0. The van der Waals surface area contributed by atoms with E-state index >= 15 is 0 Å². The van der Waals surface area contributed by atoms with Crippen LogP contribution in [0.1, 0.15) is 38.3 Å². The SMILES string of the molecule is C=C/C=C\C(=C/C)C(CC(C)C)SCc1ccc(C(F)(F)P(=O)(O)O)c(Br)c1. The molecule has 0 aliphatic carbocycles. The van der Waals surface area contributed by atoms with E-state index in [0.717, 1.165) is 18.1 Å². The molecule has 0 spiro atoms. The van der Waals surface area contributed by atoms with Crippen molar-refractivity contribution in [2.75, 3.05) is 0 Å². The number of hydrogen-bond donors (Lipinski definition) is 2. The van der Waals surface area contributed by atoms with E-state index in [1.54, 1.807) is 17.8 Å². The molecule has 3 nitrogen and oxygen atoms in total. The number of halogens is 3. The van der Waals surface area contributed by atoms with Gasteiger partial charge in [0.1, 0.15) is 0 Å². The molecule has 0 heterocycles. The van der Waals surface area contributed by atoms with Crippen molar-refractivity contribution in [3.63, 3.8) is 0 Å². The van der Waals surface area contributed by atoms with Gasteiger partial charge in [0.15, 0.2) is 0 Å².